The monoisotopic (exact) mass is 408 g/mol. The van der Waals surface area contributed by atoms with Gasteiger partial charge in [0.2, 0.25) is 0 Å². The molecule has 0 aliphatic rings. The zero-order valence-corrected chi connectivity index (χ0v) is 16.7. The van der Waals surface area contributed by atoms with Crippen LogP contribution in [0, 0.1) is 0 Å². The molecule has 0 aliphatic heterocycles. The van der Waals surface area contributed by atoms with E-state index in [0.717, 1.165) is 22.0 Å². The third-order valence-electron chi connectivity index (χ3n) is 4.54. The van der Waals surface area contributed by atoms with Gasteiger partial charge in [0.25, 0.3) is 5.91 Å². The van der Waals surface area contributed by atoms with Gasteiger partial charge in [-0.3, -0.25) is 9.78 Å². The van der Waals surface area contributed by atoms with E-state index in [1.54, 1.807) is 30.8 Å². The summed E-state index contributed by atoms with van der Waals surface area (Å²) in [5.74, 6) is 0.390. The predicted molar refractivity (Wildman–Crippen MR) is 122 cm³/mol. The highest BCUT2D eigenvalue weighted by molar-refractivity contribution is 6.07. The smallest absolute Gasteiger partial charge is 0.272 e. The number of rotatable bonds is 7. The zero-order chi connectivity index (χ0) is 21.5. The Morgan fingerprint density at radius 2 is 1.90 bits per heavy atom. The molecule has 1 amide bonds. The third-order valence-corrected chi connectivity index (χ3v) is 4.54. The molecule has 0 saturated heterocycles. The standard InChI is InChI=1S/C25H20N4O2/c1-2-14-31-20-7-5-6-18(15-20)17-27-29-25(30)22-16-24(19-10-12-26-13-11-19)28-23-9-4-3-8-21(22)23/h2-13,15-17H,1,14H2,(H,29,30)/b27-17-. The Kier molecular flexibility index (Phi) is 6.09. The van der Waals surface area contributed by atoms with Crippen molar-refractivity contribution in [2.24, 2.45) is 5.10 Å². The van der Waals surface area contributed by atoms with Crippen molar-refractivity contribution in [3.05, 3.63) is 103 Å². The number of para-hydroxylation sites is 1. The highest BCUT2D eigenvalue weighted by Crippen LogP contribution is 2.24. The molecule has 0 radical (unpaired) electrons. The zero-order valence-electron chi connectivity index (χ0n) is 16.7. The highest BCUT2D eigenvalue weighted by Gasteiger charge is 2.13. The first-order chi connectivity index (χ1) is 15.2. The first-order valence-electron chi connectivity index (χ1n) is 9.72. The van der Waals surface area contributed by atoms with Crippen molar-refractivity contribution in [3.63, 3.8) is 0 Å². The van der Waals surface area contributed by atoms with Gasteiger partial charge in [0.15, 0.2) is 0 Å². The van der Waals surface area contributed by atoms with Crippen molar-refractivity contribution in [1.29, 1.82) is 0 Å². The van der Waals surface area contributed by atoms with Crippen LogP contribution in [0.1, 0.15) is 15.9 Å². The molecule has 152 valence electrons. The van der Waals surface area contributed by atoms with Crippen molar-refractivity contribution >= 4 is 23.0 Å². The lowest BCUT2D eigenvalue weighted by Gasteiger charge is -2.09. The van der Waals surface area contributed by atoms with Gasteiger partial charge in [-0.2, -0.15) is 5.10 Å². The Morgan fingerprint density at radius 1 is 1.06 bits per heavy atom. The molecule has 0 saturated carbocycles. The summed E-state index contributed by atoms with van der Waals surface area (Å²) >= 11 is 0. The molecule has 6 nitrogen and oxygen atoms in total. The number of amides is 1. The van der Waals surface area contributed by atoms with Gasteiger partial charge < -0.3 is 4.74 Å². The van der Waals surface area contributed by atoms with Crippen molar-refractivity contribution in [3.8, 4) is 17.0 Å². The van der Waals surface area contributed by atoms with Crippen molar-refractivity contribution in [2.45, 2.75) is 0 Å². The molecule has 31 heavy (non-hydrogen) atoms. The molecule has 0 aliphatic carbocycles. The minimum Gasteiger partial charge on any atom is -0.490 e. The molecule has 0 unspecified atom stereocenters. The number of hydrogen-bond donors (Lipinski definition) is 1. The van der Waals surface area contributed by atoms with Gasteiger partial charge in [0.1, 0.15) is 12.4 Å². The molecule has 4 aromatic rings. The molecule has 0 spiro atoms. The molecule has 2 aromatic carbocycles. The summed E-state index contributed by atoms with van der Waals surface area (Å²) < 4.78 is 5.52. The van der Waals surface area contributed by atoms with E-state index < -0.39 is 0 Å². The van der Waals surface area contributed by atoms with E-state index in [9.17, 15) is 4.79 Å². The molecule has 6 heteroatoms. The molecule has 0 bridgehead atoms. The molecule has 0 atom stereocenters. The Hall–Kier alpha value is -4.32. The average Bonchev–Trinajstić information content (AvgIpc) is 2.83. The van der Waals surface area contributed by atoms with Gasteiger partial charge in [-0.25, -0.2) is 10.4 Å². The summed E-state index contributed by atoms with van der Waals surface area (Å²) in [7, 11) is 0. The normalized spacial score (nSPS) is 10.8. The summed E-state index contributed by atoms with van der Waals surface area (Å²) in [5, 5.41) is 4.88. The number of nitrogens with one attached hydrogen (secondary N) is 1. The maximum Gasteiger partial charge on any atom is 0.272 e. The van der Waals surface area contributed by atoms with Gasteiger partial charge in [-0.15, -0.1) is 0 Å². The van der Waals surface area contributed by atoms with Gasteiger partial charge in [0, 0.05) is 23.3 Å². The minimum absolute atomic E-state index is 0.316. The SMILES string of the molecule is C=CCOc1cccc(/C=N\NC(=O)c2cc(-c3ccncc3)nc3ccccc23)c1. The van der Waals surface area contributed by atoms with E-state index in [1.807, 2.05) is 60.7 Å². The summed E-state index contributed by atoms with van der Waals surface area (Å²) in [6.07, 6.45) is 6.65. The van der Waals surface area contributed by atoms with E-state index in [0.29, 0.717) is 23.6 Å². The second-order valence-corrected chi connectivity index (χ2v) is 6.68. The second-order valence-electron chi connectivity index (χ2n) is 6.68. The van der Waals surface area contributed by atoms with Crippen LogP contribution in [-0.2, 0) is 0 Å². The number of ether oxygens (including phenoxy) is 1. The number of hydrogen-bond acceptors (Lipinski definition) is 5. The maximum atomic E-state index is 12.9. The number of hydrazone groups is 1. The predicted octanol–water partition coefficient (Wildman–Crippen LogP) is 4.63. The van der Waals surface area contributed by atoms with E-state index in [2.05, 4.69) is 27.1 Å². The van der Waals surface area contributed by atoms with Crippen LogP contribution in [0.3, 0.4) is 0 Å². The van der Waals surface area contributed by atoms with Crippen LogP contribution in [0.15, 0.2) is 96.9 Å². The highest BCUT2D eigenvalue weighted by atomic mass is 16.5. The van der Waals surface area contributed by atoms with Gasteiger partial charge in [-0.05, 0) is 42.0 Å². The largest absolute Gasteiger partial charge is 0.490 e. The van der Waals surface area contributed by atoms with Crippen LogP contribution in [0.5, 0.6) is 5.75 Å². The summed E-state index contributed by atoms with van der Waals surface area (Å²) in [5.41, 5.74) is 6.23. The lowest BCUT2D eigenvalue weighted by molar-refractivity contribution is 0.0956. The van der Waals surface area contributed by atoms with E-state index in [-0.39, 0.29) is 5.91 Å². The van der Waals surface area contributed by atoms with Gasteiger partial charge in [0.05, 0.1) is 23.0 Å². The minimum atomic E-state index is -0.316. The topological polar surface area (TPSA) is 76.5 Å². The molecule has 1 N–H and O–H groups in total. The summed E-state index contributed by atoms with van der Waals surface area (Å²) in [6, 6.07) is 20.4. The summed E-state index contributed by atoms with van der Waals surface area (Å²) in [6.45, 7) is 4.06. The molecule has 0 fully saturated rings. The second kappa shape index (κ2) is 9.45. The molecule has 4 rings (SSSR count). The van der Waals surface area contributed by atoms with E-state index in [1.165, 1.54) is 0 Å². The number of carbonyl (C=O) groups excluding carboxylic acids is 1. The number of carbonyl (C=O) groups is 1. The van der Waals surface area contributed by atoms with Gasteiger partial charge in [-0.1, -0.05) is 43.0 Å². The molecular formula is C25H20N4O2. The van der Waals surface area contributed by atoms with Crippen LogP contribution >= 0.6 is 0 Å². The van der Waals surface area contributed by atoms with Crippen LogP contribution in [-0.4, -0.2) is 28.7 Å². The number of pyridine rings is 2. The Bertz CT molecular complexity index is 1250. The summed E-state index contributed by atoms with van der Waals surface area (Å²) in [4.78, 5) is 21.7. The first-order valence-corrected chi connectivity index (χ1v) is 9.72. The van der Waals surface area contributed by atoms with Gasteiger partial charge >= 0.3 is 0 Å². The average molecular weight is 408 g/mol. The van der Waals surface area contributed by atoms with Crippen LogP contribution in [0.2, 0.25) is 0 Å². The fourth-order valence-electron chi connectivity index (χ4n) is 3.10. The lowest BCUT2D eigenvalue weighted by atomic mass is 10.0. The van der Waals surface area contributed by atoms with E-state index in [4.69, 9.17) is 4.74 Å². The molecule has 2 heterocycles. The van der Waals surface area contributed by atoms with Crippen LogP contribution in [0.4, 0.5) is 0 Å². The first kappa shape index (κ1) is 20.0. The molecular weight excluding hydrogens is 388 g/mol. The van der Waals surface area contributed by atoms with Crippen LogP contribution < -0.4 is 10.2 Å². The van der Waals surface area contributed by atoms with Crippen molar-refractivity contribution in [1.82, 2.24) is 15.4 Å². The van der Waals surface area contributed by atoms with Crippen molar-refractivity contribution < 1.29 is 9.53 Å². The molecule has 2 aromatic heterocycles. The number of aromatic nitrogens is 2. The Morgan fingerprint density at radius 3 is 2.74 bits per heavy atom. The number of fused-ring (bicyclic) bond motifs is 1. The fourth-order valence-corrected chi connectivity index (χ4v) is 3.10. The Labute approximate surface area is 179 Å². The Balaban J connectivity index is 1.59. The van der Waals surface area contributed by atoms with E-state index >= 15 is 0 Å². The number of nitrogens with zero attached hydrogens (tertiary/aromatic N) is 3. The lowest BCUT2D eigenvalue weighted by Crippen LogP contribution is -2.18. The number of benzene rings is 2. The maximum absolute atomic E-state index is 12.9. The third kappa shape index (κ3) is 4.82. The quantitative estimate of drug-likeness (QED) is 0.275. The fraction of sp³-hybridized carbons (Fsp3) is 0.0400. The van der Waals surface area contributed by atoms with Crippen molar-refractivity contribution in [2.75, 3.05) is 6.61 Å². The van der Waals surface area contributed by atoms with Crippen LogP contribution in [0.25, 0.3) is 22.2 Å².